The molecule has 1 heterocycles. The fourth-order valence-electron chi connectivity index (χ4n) is 2.11. The number of allylic oxidation sites excluding steroid dienone is 2. The van der Waals surface area contributed by atoms with Crippen molar-refractivity contribution < 1.29 is 4.79 Å². The van der Waals surface area contributed by atoms with Gasteiger partial charge in [0.1, 0.15) is 0 Å². The number of ketones is 1. The first kappa shape index (κ1) is 15.5. The van der Waals surface area contributed by atoms with Crippen LogP contribution < -0.4 is 0 Å². The molecule has 0 aliphatic carbocycles. The minimum absolute atomic E-state index is 0.113. The number of rotatable bonds is 7. The smallest absolute Gasteiger partial charge is 0.165 e. The van der Waals surface area contributed by atoms with Crippen LogP contribution in [0.15, 0.2) is 66.6 Å². The summed E-state index contributed by atoms with van der Waals surface area (Å²) in [5, 5.41) is 2.01. The van der Waals surface area contributed by atoms with E-state index in [9.17, 15) is 4.79 Å². The summed E-state index contributed by atoms with van der Waals surface area (Å²) in [5.41, 5.74) is 0.740. The summed E-state index contributed by atoms with van der Waals surface area (Å²) < 4.78 is 0. The zero-order valence-electron chi connectivity index (χ0n) is 12.3. The molecule has 21 heavy (non-hydrogen) atoms. The van der Waals surface area contributed by atoms with Gasteiger partial charge in [0.2, 0.25) is 0 Å². The highest BCUT2D eigenvalue weighted by Gasteiger charge is 2.27. The average Bonchev–Trinajstić information content (AvgIpc) is 3.04. The van der Waals surface area contributed by atoms with Crippen LogP contribution in [0.25, 0.3) is 6.08 Å². The van der Waals surface area contributed by atoms with Gasteiger partial charge in [0, 0.05) is 10.3 Å². The number of hydrogen-bond donors (Lipinski definition) is 0. The van der Waals surface area contributed by atoms with Crippen molar-refractivity contribution in [2.75, 3.05) is 0 Å². The second-order valence-corrected chi connectivity index (χ2v) is 6.30. The summed E-state index contributed by atoms with van der Waals surface area (Å²) in [6, 6.07) is 14.2. The van der Waals surface area contributed by atoms with Gasteiger partial charge in [0.15, 0.2) is 5.78 Å². The van der Waals surface area contributed by atoms with Crippen LogP contribution in [0.3, 0.4) is 0 Å². The van der Waals surface area contributed by atoms with E-state index in [1.165, 1.54) is 5.56 Å². The molecule has 1 atom stereocenters. The van der Waals surface area contributed by atoms with Gasteiger partial charge in [0.25, 0.3) is 0 Å². The molecule has 0 saturated carbocycles. The number of aryl methyl sites for hydroxylation is 1. The van der Waals surface area contributed by atoms with Crippen molar-refractivity contribution in [2.45, 2.75) is 19.8 Å². The van der Waals surface area contributed by atoms with Gasteiger partial charge in [-0.15, -0.1) is 17.9 Å². The standard InChI is InChI=1S/C19H20OS/c1-3-19(2,14-13-16-8-5-4-6-9-16)18(20)12-11-17-10-7-15-21-17/h3-12,15H,1,13-14H2,2H3/b12-11+. The topological polar surface area (TPSA) is 17.1 Å². The fraction of sp³-hybridized carbons (Fsp3) is 0.211. The second kappa shape index (κ2) is 7.19. The minimum Gasteiger partial charge on any atom is -0.294 e. The summed E-state index contributed by atoms with van der Waals surface area (Å²) in [5.74, 6) is 0.113. The number of carbonyl (C=O) groups is 1. The molecule has 0 N–H and O–H groups in total. The highest BCUT2D eigenvalue weighted by atomic mass is 32.1. The predicted molar refractivity (Wildman–Crippen MR) is 91.4 cm³/mol. The van der Waals surface area contributed by atoms with E-state index in [0.717, 1.165) is 17.7 Å². The Labute approximate surface area is 130 Å². The molecule has 2 rings (SSSR count). The van der Waals surface area contributed by atoms with Crippen molar-refractivity contribution in [1.29, 1.82) is 0 Å². The Morgan fingerprint density at radius 1 is 1.24 bits per heavy atom. The molecule has 1 unspecified atom stereocenters. The zero-order valence-corrected chi connectivity index (χ0v) is 13.1. The maximum atomic E-state index is 12.5. The van der Waals surface area contributed by atoms with Gasteiger partial charge in [0.05, 0.1) is 0 Å². The molecule has 1 aromatic carbocycles. The molecular weight excluding hydrogens is 276 g/mol. The van der Waals surface area contributed by atoms with Crippen LogP contribution in [0, 0.1) is 5.41 Å². The van der Waals surface area contributed by atoms with Crippen molar-refractivity contribution in [2.24, 2.45) is 5.41 Å². The first-order valence-corrected chi connectivity index (χ1v) is 7.95. The van der Waals surface area contributed by atoms with E-state index >= 15 is 0 Å². The van der Waals surface area contributed by atoms with Crippen molar-refractivity contribution in [3.63, 3.8) is 0 Å². The Bertz CT molecular complexity index is 610. The van der Waals surface area contributed by atoms with Gasteiger partial charge in [-0.2, -0.15) is 0 Å². The van der Waals surface area contributed by atoms with Gasteiger partial charge in [-0.3, -0.25) is 4.79 Å². The third kappa shape index (κ3) is 4.27. The van der Waals surface area contributed by atoms with Crippen LogP contribution in [0.4, 0.5) is 0 Å². The third-order valence-electron chi connectivity index (χ3n) is 3.73. The Morgan fingerprint density at radius 3 is 2.62 bits per heavy atom. The molecule has 0 saturated heterocycles. The van der Waals surface area contributed by atoms with Crippen LogP contribution in [-0.4, -0.2) is 5.78 Å². The highest BCUT2D eigenvalue weighted by molar-refractivity contribution is 7.10. The molecule has 0 aliphatic rings. The summed E-state index contributed by atoms with van der Waals surface area (Å²) in [6.45, 7) is 5.82. The molecule has 1 nitrogen and oxygen atoms in total. The number of carbonyl (C=O) groups excluding carboxylic acids is 1. The van der Waals surface area contributed by atoms with E-state index in [2.05, 4.69) is 18.7 Å². The molecule has 0 fully saturated rings. The van der Waals surface area contributed by atoms with Gasteiger partial charge < -0.3 is 0 Å². The quantitative estimate of drug-likeness (QED) is 0.510. The summed E-state index contributed by atoms with van der Waals surface area (Å²) in [7, 11) is 0. The number of hydrogen-bond acceptors (Lipinski definition) is 2. The lowest BCUT2D eigenvalue weighted by Crippen LogP contribution is -2.24. The second-order valence-electron chi connectivity index (χ2n) is 5.32. The maximum Gasteiger partial charge on any atom is 0.165 e. The predicted octanol–water partition coefficient (Wildman–Crippen LogP) is 5.16. The lowest BCUT2D eigenvalue weighted by atomic mass is 9.80. The van der Waals surface area contributed by atoms with Crippen LogP contribution in [0.5, 0.6) is 0 Å². The van der Waals surface area contributed by atoms with Gasteiger partial charge in [-0.25, -0.2) is 0 Å². The summed E-state index contributed by atoms with van der Waals surface area (Å²) in [4.78, 5) is 13.6. The molecule has 0 aliphatic heterocycles. The SMILES string of the molecule is C=CC(C)(CCc1ccccc1)C(=O)/C=C/c1cccs1. The zero-order chi connectivity index (χ0) is 15.1. The monoisotopic (exact) mass is 296 g/mol. The normalized spacial score (nSPS) is 14.0. The van der Waals surface area contributed by atoms with E-state index < -0.39 is 5.41 Å². The van der Waals surface area contributed by atoms with Crippen molar-refractivity contribution in [1.82, 2.24) is 0 Å². The molecule has 0 bridgehead atoms. The van der Waals surface area contributed by atoms with Crippen LogP contribution in [-0.2, 0) is 11.2 Å². The number of benzene rings is 1. The lowest BCUT2D eigenvalue weighted by molar-refractivity contribution is -0.121. The Morgan fingerprint density at radius 2 is 2.00 bits per heavy atom. The Balaban J connectivity index is 2.02. The van der Waals surface area contributed by atoms with Gasteiger partial charge in [-0.05, 0) is 48.9 Å². The third-order valence-corrected chi connectivity index (χ3v) is 4.57. The van der Waals surface area contributed by atoms with Crippen molar-refractivity contribution in [3.05, 3.63) is 77.0 Å². The fourth-order valence-corrected chi connectivity index (χ4v) is 2.73. The number of thiophene rings is 1. The van der Waals surface area contributed by atoms with Crippen molar-refractivity contribution in [3.8, 4) is 0 Å². The molecule has 2 heteroatoms. The van der Waals surface area contributed by atoms with E-state index in [0.29, 0.717) is 0 Å². The molecule has 0 radical (unpaired) electrons. The van der Waals surface area contributed by atoms with Gasteiger partial charge >= 0.3 is 0 Å². The Hall–Kier alpha value is -1.93. The van der Waals surface area contributed by atoms with Crippen LogP contribution >= 0.6 is 11.3 Å². The largest absolute Gasteiger partial charge is 0.294 e. The molecule has 1 aromatic heterocycles. The summed E-state index contributed by atoms with van der Waals surface area (Å²) in [6.07, 6.45) is 6.99. The Kier molecular flexibility index (Phi) is 5.29. The highest BCUT2D eigenvalue weighted by Crippen LogP contribution is 2.27. The average molecular weight is 296 g/mol. The first-order valence-electron chi connectivity index (χ1n) is 7.07. The lowest BCUT2D eigenvalue weighted by Gasteiger charge is -2.22. The minimum atomic E-state index is -0.510. The van der Waals surface area contributed by atoms with Crippen LogP contribution in [0.2, 0.25) is 0 Å². The summed E-state index contributed by atoms with van der Waals surface area (Å²) >= 11 is 1.63. The van der Waals surface area contributed by atoms with Gasteiger partial charge in [-0.1, -0.05) is 42.5 Å². The molecular formula is C19H20OS. The molecule has 108 valence electrons. The van der Waals surface area contributed by atoms with E-state index in [4.69, 9.17) is 0 Å². The molecule has 2 aromatic rings. The van der Waals surface area contributed by atoms with Crippen LogP contribution in [0.1, 0.15) is 23.8 Å². The maximum absolute atomic E-state index is 12.5. The van der Waals surface area contributed by atoms with E-state index in [1.807, 2.05) is 48.7 Å². The molecule has 0 spiro atoms. The van der Waals surface area contributed by atoms with Crippen molar-refractivity contribution >= 4 is 23.2 Å². The molecule has 0 amide bonds. The first-order chi connectivity index (χ1) is 10.1. The van der Waals surface area contributed by atoms with E-state index in [-0.39, 0.29) is 5.78 Å². The van der Waals surface area contributed by atoms with E-state index in [1.54, 1.807) is 23.5 Å².